The Hall–Kier alpha value is -2.78. The largest absolute Gasteiger partial charge is 0.497 e. The van der Waals surface area contributed by atoms with Crippen molar-refractivity contribution in [2.75, 3.05) is 7.11 Å². The van der Waals surface area contributed by atoms with Gasteiger partial charge in [0.05, 0.1) is 17.7 Å². The van der Waals surface area contributed by atoms with Gasteiger partial charge in [0.15, 0.2) is 0 Å². The lowest BCUT2D eigenvalue weighted by Crippen LogP contribution is -2.03. The number of nitro groups is 1. The third-order valence-corrected chi connectivity index (χ3v) is 5.15. The molecule has 128 valence electrons. The second kappa shape index (κ2) is 7.41. The van der Waals surface area contributed by atoms with Gasteiger partial charge in [0.2, 0.25) is 0 Å². The summed E-state index contributed by atoms with van der Waals surface area (Å²) in [5.41, 5.74) is 1.53. The number of hydrogen-bond acceptors (Lipinski definition) is 8. The summed E-state index contributed by atoms with van der Waals surface area (Å²) in [6, 6.07) is 10.2. The molecule has 1 aromatic carbocycles. The van der Waals surface area contributed by atoms with Crippen molar-refractivity contribution < 1.29 is 19.2 Å². The van der Waals surface area contributed by atoms with Crippen LogP contribution in [-0.4, -0.2) is 23.0 Å². The van der Waals surface area contributed by atoms with Gasteiger partial charge in [0, 0.05) is 17.0 Å². The number of nitrogens with zero attached hydrogens (tertiary/aromatic N) is 2. The van der Waals surface area contributed by atoms with Crippen LogP contribution in [0.2, 0.25) is 0 Å². The molecule has 0 saturated heterocycles. The maximum atomic E-state index is 11.9. The molecular formula is C16H12N2O5S2. The highest BCUT2D eigenvalue weighted by Gasteiger charge is 2.17. The zero-order valence-electron chi connectivity index (χ0n) is 13.0. The van der Waals surface area contributed by atoms with E-state index in [2.05, 4.69) is 4.98 Å². The molecule has 0 unspecified atom stereocenters. The van der Waals surface area contributed by atoms with Crippen molar-refractivity contribution in [3.05, 3.63) is 62.5 Å². The lowest BCUT2D eigenvalue weighted by atomic mass is 10.2. The molecule has 0 saturated carbocycles. The maximum Gasteiger partial charge on any atom is 0.348 e. The zero-order chi connectivity index (χ0) is 17.8. The highest BCUT2D eigenvalue weighted by Crippen LogP contribution is 2.28. The summed E-state index contributed by atoms with van der Waals surface area (Å²) in [4.78, 5) is 26.7. The van der Waals surface area contributed by atoms with Crippen LogP contribution in [0.3, 0.4) is 0 Å². The van der Waals surface area contributed by atoms with E-state index in [1.807, 2.05) is 24.3 Å². The Labute approximate surface area is 150 Å². The molecule has 0 spiro atoms. The van der Waals surface area contributed by atoms with E-state index in [1.165, 1.54) is 23.5 Å². The molecule has 2 heterocycles. The average molecular weight is 376 g/mol. The molecular weight excluding hydrogens is 364 g/mol. The Balaban J connectivity index is 1.65. The molecule has 0 radical (unpaired) electrons. The van der Waals surface area contributed by atoms with Gasteiger partial charge in [-0.1, -0.05) is 23.5 Å². The van der Waals surface area contributed by atoms with Crippen molar-refractivity contribution >= 4 is 33.6 Å². The smallest absolute Gasteiger partial charge is 0.348 e. The number of thiophene rings is 1. The van der Waals surface area contributed by atoms with Crippen molar-refractivity contribution in [3.63, 3.8) is 0 Å². The molecule has 0 atom stereocenters. The fourth-order valence-electron chi connectivity index (χ4n) is 2.01. The summed E-state index contributed by atoms with van der Waals surface area (Å²) >= 11 is 2.22. The van der Waals surface area contributed by atoms with Gasteiger partial charge in [-0.3, -0.25) is 10.1 Å². The number of carbonyl (C=O) groups excluding carboxylic acids is 1. The fourth-order valence-corrected chi connectivity index (χ4v) is 3.52. The van der Waals surface area contributed by atoms with Gasteiger partial charge in [-0.2, -0.15) is 0 Å². The molecule has 0 aliphatic carbocycles. The zero-order valence-corrected chi connectivity index (χ0v) is 14.6. The van der Waals surface area contributed by atoms with Crippen LogP contribution in [0.1, 0.15) is 15.4 Å². The number of ether oxygens (including phenoxy) is 2. The number of benzene rings is 1. The lowest BCUT2D eigenvalue weighted by Gasteiger charge is -2.01. The van der Waals surface area contributed by atoms with E-state index in [9.17, 15) is 14.9 Å². The van der Waals surface area contributed by atoms with Crippen LogP contribution >= 0.6 is 22.7 Å². The molecule has 2 aromatic heterocycles. The van der Waals surface area contributed by atoms with Crippen molar-refractivity contribution in [2.24, 2.45) is 0 Å². The molecule has 9 heteroatoms. The second-order valence-electron chi connectivity index (χ2n) is 4.85. The summed E-state index contributed by atoms with van der Waals surface area (Å²) < 4.78 is 10.4. The number of methoxy groups -OCH3 is 1. The first-order chi connectivity index (χ1) is 12.1. The molecule has 25 heavy (non-hydrogen) atoms. The normalized spacial score (nSPS) is 10.4. The maximum absolute atomic E-state index is 11.9. The van der Waals surface area contributed by atoms with E-state index in [1.54, 1.807) is 12.5 Å². The first-order valence-corrected chi connectivity index (χ1v) is 8.76. The molecule has 3 rings (SSSR count). The third-order valence-electron chi connectivity index (χ3n) is 3.19. The average Bonchev–Trinajstić information content (AvgIpc) is 3.29. The summed E-state index contributed by atoms with van der Waals surface area (Å²) in [6.07, 6.45) is 0. The molecule has 0 aliphatic rings. The predicted molar refractivity (Wildman–Crippen MR) is 94.2 cm³/mol. The highest BCUT2D eigenvalue weighted by molar-refractivity contribution is 7.17. The Morgan fingerprint density at radius 2 is 2.16 bits per heavy atom. The van der Waals surface area contributed by atoms with Gasteiger partial charge in [0.25, 0.3) is 0 Å². The first kappa shape index (κ1) is 17.1. The number of carbonyl (C=O) groups is 1. The van der Waals surface area contributed by atoms with E-state index < -0.39 is 10.9 Å². The quantitative estimate of drug-likeness (QED) is 0.365. The third kappa shape index (κ3) is 4.01. The van der Waals surface area contributed by atoms with Gasteiger partial charge in [0.1, 0.15) is 22.2 Å². The molecule has 0 N–H and O–H groups in total. The lowest BCUT2D eigenvalue weighted by molar-refractivity contribution is -0.380. The second-order valence-corrected chi connectivity index (χ2v) is 6.77. The van der Waals surface area contributed by atoms with Crippen LogP contribution < -0.4 is 4.74 Å². The predicted octanol–water partition coefficient (Wildman–Crippen LogP) is 4.15. The number of thiazole rings is 1. The molecule has 0 bridgehead atoms. The monoisotopic (exact) mass is 376 g/mol. The number of hydrogen-bond donors (Lipinski definition) is 0. The minimum Gasteiger partial charge on any atom is -0.497 e. The van der Waals surface area contributed by atoms with Crippen LogP contribution in [0, 0.1) is 10.1 Å². The first-order valence-electron chi connectivity index (χ1n) is 7.07. The Morgan fingerprint density at radius 3 is 2.88 bits per heavy atom. The highest BCUT2D eigenvalue weighted by atomic mass is 32.1. The molecule has 0 aliphatic heterocycles. The number of rotatable bonds is 6. The van der Waals surface area contributed by atoms with Gasteiger partial charge in [-0.05, 0) is 18.2 Å². The van der Waals surface area contributed by atoms with Gasteiger partial charge >= 0.3 is 11.0 Å². The van der Waals surface area contributed by atoms with Crippen molar-refractivity contribution in [1.82, 2.24) is 4.98 Å². The van der Waals surface area contributed by atoms with Crippen LogP contribution in [0.15, 0.2) is 41.8 Å². The topological polar surface area (TPSA) is 91.6 Å². The number of aromatic nitrogens is 1. The molecule has 7 nitrogen and oxygen atoms in total. The minimum atomic E-state index is -0.603. The Bertz CT molecular complexity index is 919. The van der Waals surface area contributed by atoms with E-state index in [4.69, 9.17) is 9.47 Å². The van der Waals surface area contributed by atoms with E-state index >= 15 is 0 Å². The summed E-state index contributed by atoms with van der Waals surface area (Å²) in [5, 5.41) is 13.1. The molecule has 0 fully saturated rings. The van der Waals surface area contributed by atoms with Crippen LogP contribution in [0.5, 0.6) is 5.75 Å². The van der Waals surface area contributed by atoms with Gasteiger partial charge in [-0.25, -0.2) is 9.78 Å². The molecule has 0 amide bonds. The molecule has 3 aromatic rings. The Morgan fingerprint density at radius 1 is 1.32 bits per heavy atom. The summed E-state index contributed by atoms with van der Waals surface area (Å²) in [7, 11) is 1.60. The van der Waals surface area contributed by atoms with Crippen LogP contribution in [-0.2, 0) is 11.3 Å². The van der Waals surface area contributed by atoms with Crippen LogP contribution in [0.25, 0.3) is 10.6 Å². The standard InChI is InChI=1S/C16H12N2O5S2/c1-22-12-4-2-3-10(7-12)15-17-11(9-24-15)8-23-16(19)13-5-6-14(25-13)18(20)21/h2-7,9H,8H2,1H3. The van der Waals surface area contributed by atoms with Crippen molar-refractivity contribution in [3.8, 4) is 16.3 Å². The van der Waals surface area contributed by atoms with Gasteiger partial charge < -0.3 is 9.47 Å². The fraction of sp³-hybridized carbons (Fsp3) is 0.125. The summed E-state index contributed by atoms with van der Waals surface area (Å²) in [5.74, 6) is 0.133. The minimum absolute atomic E-state index is 0.00496. The SMILES string of the molecule is COc1cccc(-c2nc(COC(=O)c3ccc([N+](=O)[O-])s3)cs2)c1. The van der Waals surface area contributed by atoms with E-state index in [0.29, 0.717) is 5.69 Å². The van der Waals surface area contributed by atoms with Crippen LogP contribution in [0.4, 0.5) is 5.00 Å². The van der Waals surface area contributed by atoms with E-state index in [-0.39, 0.29) is 16.5 Å². The van der Waals surface area contributed by atoms with Crippen molar-refractivity contribution in [1.29, 1.82) is 0 Å². The van der Waals surface area contributed by atoms with Crippen molar-refractivity contribution in [2.45, 2.75) is 6.61 Å². The Kier molecular flexibility index (Phi) is 5.05. The summed E-state index contributed by atoms with van der Waals surface area (Å²) in [6.45, 7) is 0.00496. The number of esters is 1. The van der Waals surface area contributed by atoms with Gasteiger partial charge in [-0.15, -0.1) is 11.3 Å². The van der Waals surface area contributed by atoms with E-state index in [0.717, 1.165) is 27.7 Å².